The van der Waals surface area contributed by atoms with Gasteiger partial charge in [-0.25, -0.2) is 13.2 Å². The molecule has 14 heavy (non-hydrogen) atoms. The fraction of sp³-hybridized carbons (Fsp3) is 1.00. The SMILES string of the molecule is OCC(F)(F)C(F)C(F)(F)C(F)(F)Cl. The molecule has 1 N–H and O–H groups in total. The molecule has 0 rings (SSSR count). The van der Waals surface area contributed by atoms with E-state index in [0.29, 0.717) is 0 Å². The third kappa shape index (κ3) is 2.41. The summed E-state index contributed by atoms with van der Waals surface area (Å²) in [6.45, 7) is -2.32. The maximum Gasteiger partial charge on any atom is 0.387 e. The third-order valence-electron chi connectivity index (χ3n) is 1.28. The summed E-state index contributed by atoms with van der Waals surface area (Å²) in [6, 6.07) is 0. The maximum absolute atomic E-state index is 12.2. The maximum atomic E-state index is 12.2. The highest BCUT2D eigenvalue weighted by atomic mass is 35.5. The van der Waals surface area contributed by atoms with Crippen molar-refractivity contribution in [2.24, 2.45) is 0 Å². The van der Waals surface area contributed by atoms with E-state index in [2.05, 4.69) is 11.6 Å². The first-order chi connectivity index (χ1) is 5.97. The molecule has 1 nitrogen and oxygen atoms in total. The van der Waals surface area contributed by atoms with Crippen molar-refractivity contribution >= 4 is 11.6 Å². The lowest BCUT2D eigenvalue weighted by molar-refractivity contribution is -0.253. The van der Waals surface area contributed by atoms with Gasteiger partial charge in [0.1, 0.15) is 6.61 Å². The van der Waals surface area contributed by atoms with E-state index >= 15 is 0 Å². The van der Waals surface area contributed by atoms with Crippen LogP contribution >= 0.6 is 11.6 Å². The van der Waals surface area contributed by atoms with Crippen molar-refractivity contribution in [1.82, 2.24) is 0 Å². The molecule has 1 unspecified atom stereocenters. The number of rotatable bonds is 4. The number of alkyl halides is 8. The average molecular weight is 249 g/mol. The van der Waals surface area contributed by atoms with Crippen LogP contribution < -0.4 is 0 Å². The lowest BCUT2D eigenvalue weighted by Crippen LogP contribution is -2.53. The summed E-state index contributed by atoms with van der Waals surface area (Å²) in [6.07, 6.45) is -4.56. The van der Waals surface area contributed by atoms with Gasteiger partial charge in [0, 0.05) is 0 Å². The zero-order valence-corrected chi connectivity index (χ0v) is 7.01. The van der Waals surface area contributed by atoms with Gasteiger partial charge in [0.2, 0.25) is 6.17 Å². The number of aliphatic hydroxyl groups is 1. The minimum atomic E-state index is -5.76. The molecule has 0 fully saturated rings. The first-order valence-electron chi connectivity index (χ1n) is 3.04. The van der Waals surface area contributed by atoms with Gasteiger partial charge in [0.25, 0.3) is 0 Å². The molecule has 0 spiro atoms. The molecule has 0 amide bonds. The van der Waals surface area contributed by atoms with Crippen LogP contribution in [0.15, 0.2) is 0 Å². The molecule has 0 saturated heterocycles. The predicted molar refractivity (Wildman–Crippen MR) is 32.7 cm³/mol. The van der Waals surface area contributed by atoms with Crippen LogP contribution in [-0.2, 0) is 0 Å². The van der Waals surface area contributed by atoms with Gasteiger partial charge in [0.05, 0.1) is 0 Å². The Balaban J connectivity index is 4.94. The van der Waals surface area contributed by atoms with Crippen molar-refractivity contribution in [3.63, 3.8) is 0 Å². The van der Waals surface area contributed by atoms with Crippen molar-refractivity contribution in [2.75, 3.05) is 6.61 Å². The summed E-state index contributed by atoms with van der Waals surface area (Å²) in [5.74, 6) is -10.7. The Kier molecular flexibility index (Phi) is 3.66. The minimum Gasteiger partial charge on any atom is -0.390 e. The van der Waals surface area contributed by atoms with Gasteiger partial charge >= 0.3 is 17.2 Å². The second kappa shape index (κ2) is 3.73. The Morgan fingerprint density at radius 2 is 1.43 bits per heavy atom. The summed E-state index contributed by atoms with van der Waals surface area (Å²) in [7, 11) is 0. The molecule has 1 atom stereocenters. The van der Waals surface area contributed by atoms with E-state index in [4.69, 9.17) is 5.11 Å². The molecule has 0 bridgehead atoms. The number of halogens is 8. The van der Waals surface area contributed by atoms with Crippen molar-refractivity contribution in [3.8, 4) is 0 Å². The molecular formula is C5H4ClF7O. The second-order valence-electron chi connectivity index (χ2n) is 2.40. The van der Waals surface area contributed by atoms with Crippen LogP contribution in [0.4, 0.5) is 30.7 Å². The fourth-order valence-electron chi connectivity index (χ4n) is 0.489. The van der Waals surface area contributed by atoms with Crippen LogP contribution in [0.1, 0.15) is 0 Å². The number of aliphatic hydroxyl groups excluding tert-OH is 1. The molecule has 0 heterocycles. The quantitative estimate of drug-likeness (QED) is 0.598. The number of hydrogen-bond donors (Lipinski definition) is 1. The molecule has 0 saturated carbocycles. The minimum absolute atomic E-state index is 2.32. The van der Waals surface area contributed by atoms with E-state index in [1.165, 1.54) is 0 Å². The summed E-state index contributed by atoms with van der Waals surface area (Å²) < 4.78 is 84.3. The van der Waals surface area contributed by atoms with E-state index < -0.39 is 30.0 Å². The van der Waals surface area contributed by atoms with Crippen molar-refractivity contribution in [3.05, 3.63) is 0 Å². The lowest BCUT2D eigenvalue weighted by atomic mass is 10.1. The van der Waals surface area contributed by atoms with E-state index in [1.54, 1.807) is 0 Å². The fourth-order valence-corrected chi connectivity index (χ4v) is 0.585. The van der Waals surface area contributed by atoms with Crippen molar-refractivity contribution < 1.29 is 35.8 Å². The predicted octanol–water partition coefficient (Wildman–Crippen LogP) is 2.42. The first kappa shape index (κ1) is 13.8. The van der Waals surface area contributed by atoms with Crippen LogP contribution in [-0.4, -0.2) is 35.1 Å². The Morgan fingerprint density at radius 3 is 1.64 bits per heavy atom. The molecule has 86 valence electrons. The first-order valence-corrected chi connectivity index (χ1v) is 3.42. The third-order valence-corrected chi connectivity index (χ3v) is 1.53. The summed E-state index contributed by atoms with van der Waals surface area (Å²) in [5.41, 5.74) is 0. The van der Waals surface area contributed by atoms with Crippen LogP contribution in [0.5, 0.6) is 0 Å². The molecular weight excluding hydrogens is 244 g/mol. The van der Waals surface area contributed by atoms with Crippen molar-refractivity contribution in [1.29, 1.82) is 0 Å². The summed E-state index contributed by atoms with van der Waals surface area (Å²) in [5, 5.41) is 2.33. The lowest BCUT2D eigenvalue weighted by Gasteiger charge is -2.28. The van der Waals surface area contributed by atoms with Gasteiger partial charge in [0.15, 0.2) is 0 Å². The second-order valence-corrected chi connectivity index (χ2v) is 2.88. The average Bonchev–Trinajstić information content (AvgIpc) is 2.01. The molecule has 9 heteroatoms. The monoisotopic (exact) mass is 248 g/mol. The van der Waals surface area contributed by atoms with E-state index in [1.807, 2.05) is 0 Å². The summed E-state index contributed by atoms with van der Waals surface area (Å²) >= 11 is 3.74. The van der Waals surface area contributed by atoms with Gasteiger partial charge in [-0.2, -0.15) is 17.6 Å². The highest BCUT2D eigenvalue weighted by Gasteiger charge is 2.68. The molecule has 0 radical (unpaired) electrons. The van der Waals surface area contributed by atoms with Gasteiger partial charge in [-0.3, -0.25) is 0 Å². The van der Waals surface area contributed by atoms with Crippen LogP contribution in [0.25, 0.3) is 0 Å². The largest absolute Gasteiger partial charge is 0.390 e. The van der Waals surface area contributed by atoms with Crippen LogP contribution in [0, 0.1) is 0 Å². The Hall–Kier alpha value is -0.240. The molecule has 0 aliphatic heterocycles. The zero-order valence-electron chi connectivity index (χ0n) is 6.26. The van der Waals surface area contributed by atoms with E-state index in [-0.39, 0.29) is 0 Å². The molecule has 0 aliphatic rings. The van der Waals surface area contributed by atoms with Gasteiger partial charge in [-0.05, 0) is 11.6 Å². The van der Waals surface area contributed by atoms with E-state index in [9.17, 15) is 30.7 Å². The Morgan fingerprint density at radius 1 is 1.07 bits per heavy atom. The van der Waals surface area contributed by atoms with Crippen molar-refractivity contribution in [2.45, 2.75) is 23.4 Å². The van der Waals surface area contributed by atoms with Gasteiger partial charge in [-0.15, -0.1) is 0 Å². The molecule has 0 aromatic rings. The highest BCUT2D eigenvalue weighted by Crippen LogP contribution is 2.45. The summed E-state index contributed by atoms with van der Waals surface area (Å²) in [4.78, 5) is 0. The van der Waals surface area contributed by atoms with Crippen LogP contribution in [0.3, 0.4) is 0 Å². The normalized spacial score (nSPS) is 16.9. The van der Waals surface area contributed by atoms with Gasteiger partial charge < -0.3 is 5.11 Å². The topological polar surface area (TPSA) is 20.2 Å². The molecule has 0 aromatic carbocycles. The zero-order chi connectivity index (χ0) is 11.8. The van der Waals surface area contributed by atoms with E-state index in [0.717, 1.165) is 0 Å². The number of hydrogen-bond acceptors (Lipinski definition) is 1. The smallest absolute Gasteiger partial charge is 0.387 e. The highest BCUT2D eigenvalue weighted by molar-refractivity contribution is 6.22. The Labute approximate surface area is 78.5 Å². The molecule has 0 aromatic heterocycles. The van der Waals surface area contributed by atoms with Crippen LogP contribution in [0.2, 0.25) is 0 Å². The van der Waals surface area contributed by atoms with Gasteiger partial charge in [-0.1, -0.05) is 0 Å². The Bertz CT molecular complexity index is 201. The standard InChI is InChI=1S/C5H4ClF7O/c6-5(12,13)4(10,11)2(7)3(8,9)1-14/h2,14H,1H2. The molecule has 0 aliphatic carbocycles.